The summed E-state index contributed by atoms with van der Waals surface area (Å²) in [5.74, 6) is -6.66. The maximum Gasteiger partial charge on any atom is 0.522 e. The molecule has 19 nitrogen and oxygen atoms in total. The fourth-order valence-electron chi connectivity index (χ4n) is 15.5. The molecule has 6 aliphatic heterocycles. The van der Waals surface area contributed by atoms with E-state index in [1.54, 1.807) is 35.8 Å². The Morgan fingerprint density at radius 3 is 1.32 bits per heavy atom. The van der Waals surface area contributed by atoms with E-state index in [1.807, 2.05) is 61.6 Å². The van der Waals surface area contributed by atoms with Gasteiger partial charge in [-0.05, 0) is 155 Å². The molecule has 3 saturated heterocycles. The Morgan fingerprint density at radius 2 is 0.862 bits per heavy atom. The van der Waals surface area contributed by atoms with Crippen LogP contribution in [0.1, 0.15) is 152 Å². The number of alkyl halides is 15. The number of hydrogen-bond donors (Lipinski definition) is 2. The van der Waals surface area contributed by atoms with Crippen molar-refractivity contribution in [3.8, 4) is 28.4 Å². The van der Waals surface area contributed by atoms with Crippen molar-refractivity contribution >= 4 is 35.1 Å². The smallest absolute Gasteiger partial charge is 0.496 e. The summed E-state index contributed by atoms with van der Waals surface area (Å²) in [4.78, 5) is 82.3. The Balaban J connectivity index is 0.000000190. The van der Waals surface area contributed by atoms with E-state index in [-0.39, 0.29) is 68.7 Å². The fraction of sp³-hybridized carbons (Fsp3) is 0.440. The van der Waals surface area contributed by atoms with Gasteiger partial charge in [-0.2, -0.15) is 52.7 Å². The number of halogens is 15. The Kier molecular flexibility index (Phi) is 22.9. The van der Waals surface area contributed by atoms with E-state index in [4.69, 9.17) is 14.2 Å². The summed E-state index contributed by atoms with van der Waals surface area (Å²) in [5.41, 5.74) is 0.540. The third-order valence-electron chi connectivity index (χ3n) is 21.2. The van der Waals surface area contributed by atoms with Gasteiger partial charge in [0.15, 0.2) is 11.5 Å². The number of methoxy groups -OCH3 is 2. The lowest BCUT2D eigenvalue weighted by Crippen LogP contribution is -2.57. The molecular formula is C75H80F15N9O10. The molecule has 34 heteroatoms. The predicted octanol–water partition coefficient (Wildman–Crippen LogP) is 14.5. The van der Waals surface area contributed by atoms with Gasteiger partial charge >= 0.3 is 31.1 Å². The first kappa shape index (κ1) is 80.3. The number of hydrogen-bond acceptors (Lipinski definition) is 13. The van der Waals surface area contributed by atoms with Crippen molar-refractivity contribution in [2.24, 2.45) is 0 Å². The van der Waals surface area contributed by atoms with Gasteiger partial charge in [0.05, 0.1) is 60.1 Å². The van der Waals surface area contributed by atoms with E-state index in [1.165, 1.54) is 74.2 Å². The van der Waals surface area contributed by atoms with Gasteiger partial charge in [-0.25, -0.2) is 0 Å². The lowest BCUT2D eigenvalue weighted by molar-refractivity contribution is -0.325. The quantitative estimate of drug-likeness (QED) is 0.0630. The molecule has 0 bridgehead atoms. The molecule has 0 radical (unpaired) electrons. The maximum absolute atomic E-state index is 13.4. The number of ether oxygens (including phenoxy) is 4. The first-order valence-electron chi connectivity index (χ1n) is 34.7. The Labute approximate surface area is 617 Å². The highest BCUT2D eigenvalue weighted by Crippen LogP contribution is 2.46. The van der Waals surface area contributed by atoms with E-state index in [0.717, 1.165) is 36.1 Å². The first-order chi connectivity index (χ1) is 51.2. The molecule has 3 amide bonds. The highest BCUT2D eigenvalue weighted by atomic mass is 19.4. The van der Waals surface area contributed by atoms with Crippen LogP contribution in [-0.2, 0) is 34.1 Å². The number of nitrogens with one attached hydrogen (secondary N) is 2. The Bertz CT molecular complexity index is 4520. The van der Waals surface area contributed by atoms with Gasteiger partial charge in [-0.1, -0.05) is 42.5 Å². The molecule has 2 unspecified atom stereocenters. The average molecular weight is 1550 g/mol. The van der Waals surface area contributed by atoms with Crippen molar-refractivity contribution in [1.29, 1.82) is 0 Å². The molecule has 0 aliphatic carbocycles. The monoisotopic (exact) mass is 1550 g/mol. The van der Waals surface area contributed by atoms with Gasteiger partial charge in [0, 0.05) is 114 Å². The standard InChI is InChI=1S/C27H26F3N3O2.C25H27F6N3O5.C23H23F6N3O3.2H2/c1-31-17-18-33-22(24(34)27(28,29)30)11-12-23(33)26(31)13-15-32(16-14-26)25(35)21-9-7-20(8-10-21)19-5-3-2-4-6-19;1-15-14-32-23(20-6-4-17(34(15)20)21(35)24(26,27)28)7-9-33(10-8-23)22(36)16-3-5-18(19(13-16)37-2)38-11-12-39-25(29,30)31;1-13-12-30-21(18-6-4-16(32(13)18)19(33)23(27,28)29)7-9-31(10-8-21)20(34)14-3-5-17(35-2)15(11-14)22(24,25)26;;/h2-12H,13-18H2,1H3;3-6,13,15,32H,7-12,14H2,1-2H3;3-6,11,13,30H,7-10,12H2,1-2H3;2*1H. The molecule has 3 spiro atoms. The van der Waals surface area contributed by atoms with Crippen molar-refractivity contribution in [3.05, 3.63) is 184 Å². The fourth-order valence-corrected chi connectivity index (χ4v) is 15.5. The molecule has 6 aliphatic rings. The van der Waals surface area contributed by atoms with E-state index < -0.39 is 106 Å². The van der Waals surface area contributed by atoms with Gasteiger partial charge in [0.2, 0.25) is 0 Å². The molecule has 109 heavy (non-hydrogen) atoms. The molecular weight excluding hydrogens is 1470 g/mol. The summed E-state index contributed by atoms with van der Waals surface area (Å²) in [7, 11) is 4.40. The molecule has 9 heterocycles. The van der Waals surface area contributed by atoms with Crippen LogP contribution in [0.15, 0.2) is 127 Å². The molecule has 7 aromatic rings. The van der Waals surface area contributed by atoms with Crippen molar-refractivity contribution in [3.63, 3.8) is 0 Å². The molecule has 3 aromatic heterocycles. The van der Waals surface area contributed by atoms with Crippen molar-refractivity contribution in [2.75, 3.05) is 93.4 Å². The largest absolute Gasteiger partial charge is 0.522 e. The van der Waals surface area contributed by atoms with Gasteiger partial charge < -0.3 is 53.2 Å². The molecule has 3 fully saturated rings. The molecule has 4 aromatic carbocycles. The number of nitrogens with zero attached hydrogens (tertiary/aromatic N) is 7. The van der Waals surface area contributed by atoms with Gasteiger partial charge in [-0.3, -0.25) is 38.4 Å². The zero-order chi connectivity index (χ0) is 79.1. The highest BCUT2D eigenvalue weighted by molar-refractivity contribution is 6.01. The number of ketones is 3. The normalized spacial score (nSPS) is 19.0. The highest BCUT2D eigenvalue weighted by Gasteiger charge is 2.52. The van der Waals surface area contributed by atoms with Crippen LogP contribution in [-0.4, -0.2) is 187 Å². The summed E-state index contributed by atoms with van der Waals surface area (Å²) in [5, 5.41) is 6.78. The minimum Gasteiger partial charge on any atom is -0.496 e. The minimum atomic E-state index is -5.00. The number of Topliss-reactive ketones (excluding diaryl/α,β-unsaturated/α-hetero) is 3. The van der Waals surface area contributed by atoms with Crippen LogP contribution < -0.4 is 24.8 Å². The van der Waals surface area contributed by atoms with Crippen LogP contribution in [0.2, 0.25) is 0 Å². The van der Waals surface area contributed by atoms with Crippen molar-refractivity contribution in [2.45, 2.75) is 119 Å². The Hall–Kier alpha value is -9.67. The molecule has 590 valence electrons. The second kappa shape index (κ2) is 31.0. The third-order valence-corrected chi connectivity index (χ3v) is 21.2. The van der Waals surface area contributed by atoms with Crippen molar-refractivity contribution in [1.82, 2.24) is 43.9 Å². The number of carbonyl (C=O) groups excluding carboxylic acids is 6. The summed E-state index contributed by atoms with van der Waals surface area (Å²) in [6.45, 7) is 5.77. The number of amides is 3. The number of likely N-dealkylation sites (N-methyl/N-ethyl adjacent to an activating group) is 1. The van der Waals surface area contributed by atoms with E-state index in [9.17, 15) is 94.6 Å². The topological polar surface area (TPSA) is 191 Å². The zero-order valence-electron chi connectivity index (χ0n) is 59.4. The molecule has 13 rings (SSSR count). The Morgan fingerprint density at radius 1 is 0.450 bits per heavy atom. The second-order valence-corrected chi connectivity index (χ2v) is 27.5. The minimum absolute atomic E-state index is 0. The van der Waals surface area contributed by atoms with Crippen LogP contribution in [0.25, 0.3) is 11.1 Å². The maximum atomic E-state index is 13.4. The lowest BCUT2D eigenvalue weighted by Gasteiger charge is -2.50. The van der Waals surface area contributed by atoms with E-state index in [0.29, 0.717) is 108 Å². The summed E-state index contributed by atoms with van der Waals surface area (Å²) in [6, 6.07) is 32.5. The van der Waals surface area contributed by atoms with Crippen LogP contribution in [0.5, 0.6) is 17.2 Å². The third kappa shape index (κ3) is 16.6. The van der Waals surface area contributed by atoms with E-state index >= 15 is 0 Å². The molecule has 2 atom stereocenters. The summed E-state index contributed by atoms with van der Waals surface area (Å²) < 4.78 is 218. The zero-order valence-corrected chi connectivity index (χ0v) is 59.4. The van der Waals surface area contributed by atoms with Crippen LogP contribution in [0, 0.1) is 0 Å². The average Bonchev–Trinajstić information content (AvgIpc) is 1.65. The number of likely N-dealkylation sites (tertiary alicyclic amines) is 3. The van der Waals surface area contributed by atoms with Crippen LogP contribution >= 0.6 is 0 Å². The SMILES string of the molecule is CN1CCn2c(C(=O)C(F)(F)F)ccc2C12CCN(C(=O)c1ccc(-c3ccccc3)cc1)CC2.COc1cc(C(=O)N2CCC3(CC2)NCC(C)n2c(C(=O)C(F)(F)F)ccc23)ccc1OCCOC(F)(F)F.COc1ccc(C(=O)N2CCC3(CC2)NCC(C)n2c(C(=O)C(F)(F)F)ccc23)cc1C(F)(F)F.[HH].[HH]. The summed E-state index contributed by atoms with van der Waals surface area (Å²) in [6.07, 6.45) is -21.7. The molecule has 2 N–H and O–H groups in total. The van der Waals surface area contributed by atoms with Crippen LogP contribution in [0.4, 0.5) is 65.9 Å². The number of carbonyl (C=O) groups is 6. The predicted molar refractivity (Wildman–Crippen MR) is 368 cm³/mol. The second-order valence-electron chi connectivity index (χ2n) is 27.5. The lowest BCUT2D eigenvalue weighted by atomic mass is 9.81. The van der Waals surface area contributed by atoms with Crippen molar-refractivity contribution < 1.29 is 116 Å². The van der Waals surface area contributed by atoms with Gasteiger partial charge in [0.25, 0.3) is 35.1 Å². The number of rotatable bonds is 13. The van der Waals surface area contributed by atoms with Gasteiger partial charge in [0.1, 0.15) is 12.4 Å². The molecule has 0 saturated carbocycles. The number of aromatic nitrogens is 3. The number of piperidine rings is 3. The number of fused-ring (bicyclic) bond motifs is 6. The summed E-state index contributed by atoms with van der Waals surface area (Å²) >= 11 is 0. The van der Waals surface area contributed by atoms with Crippen LogP contribution in [0.3, 0.4) is 0 Å². The van der Waals surface area contributed by atoms with E-state index in [2.05, 4.69) is 20.3 Å². The van der Waals surface area contributed by atoms with Gasteiger partial charge in [-0.15, -0.1) is 13.2 Å². The first-order valence-corrected chi connectivity index (χ1v) is 34.7. The number of benzene rings is 4.